The molecule has 1 aliphatic rings. The Morgan fingerprint density at radius 2 is 1.81 bits per heavy atom. The lowest BCUT2D eigenvalue weighted by Gasteiger charge is -2.23. The minimum absolute atomic E-state index is 0.0940. The summed E-state index contributed by atoms with van der Waals surface area (Å²) in [5.41, 5.74) is 0.584. The number of halogens is 2. The first kappa shape index (κ1) is 18.5. The average Bonchev–Trinajstić information content (AvgIpc) is 3.12. The number of hydrogen-bond donors (Lipinski definition) is 0. The Balaban J connectivity index is 1.74. The highest BCUT2D eigenvalue weighted by Gasteiger charge is 2.41. The second-order valence-corrected chi connectivity index (χ2v) is 7.80. The first-order valence-electron chi connectivity index (χ1n) is 8.07. The van der Waals surface area contributed by atoms with E-state index in [0.717, 1.165) is 10.4 Å². The van der Waals surface area contributed by atoms with Crippen LogP contribution in [0.5, 0.6) is 0 Å². The summed E-state index contributed by atoms with van der Waals surface area (Å²) in [4.78, 5) is 11.9. The number of ether oxygens (including phenoxy) is 1. The zero-order chi connectivity index (χ0) is 18.7. The predicted molar refractivity (Wildman–Crippen MR) is 89.5 cm³/mol. The van der Waals surface area contributed by atoms with Gasteiger partial charge in [-0.2, -0.15) is 4.31 Å². The van der Waals surface area contributed by atoms with E-state index in [0.29, 0.717) is 18.4 Å². The summed E-state index contributed by atoms with van der Waals surface area (Å²) in [7, 11) is -4.14. The van der Waals surface area contributed by atoms with Crippen molar-refractivity contribution >= 4 is 16.0 Å². The fourth-order valence-electron chi connectivity index (χ4n) is 2.87. The quantitative estimate of drug-likeness (QED) is 0.747. The van der Waals surface area contributed by atoms with Crippen molar-refractivity contribution in [3.05, 3.63) is 65.7 Å². The molecule has 2 aromatic carbocycles. The normalized spacial score (nSPS) is 18.0. The maximum Gasteiger partial charge on any atom is 0.324 e. The van der Waals surface area contributed by atoms with Crippen LogP contribution in [0, 0.1) is 11.6 Å². The van der Waals surface area contributed by atoms with Gasteiger partial charge in [-0.1, -0.05) is 24.3 Å². The van der Waals surface area contributed by atoms with E-state index < -0.39 is 38.6 Å². The van der Waals surface area contributed by atoms with E-state index >= 15 is 0 Å². The SMILES string of the molecule is O=C(OCc1ccc(F)cc1)[C@@H]1CCCN1S(=O)(=O)c1ccccc1F. The van der Waals surface area contributed by atoms with Gasteiger partial charge < -0.3 is 4.74 Å². The van der Waals surface area contributed by atoms with Gasteiger partial charge in [0.1, 0.15) is 29.2 Å². The summed E-state index contributed by atoms with van der Waals surface area (Å²) in [6, 6.07) is 9.49. The molecule has 0 saturated carbocycles. The van der Waals surface area contributed by atoms with E-state index in [2.05, 4.69) is 0 Å². The number of carbonyl (C=O) groups excluding carboxylic acids is 1. The van der Waals surface area contributed by atoms with E-state index in [4.69, 9.17) is 4.74 Å². The second-order valence-electron chi connectivity index (χ2n) is 5.94. The zero-order valence-electron chi connectivity index (χ0n) is 13.8. The van der Waals surface area contributed by atoms with Gasteiger partial charge in [0.05, 0.1) is 0 Å². The molecule has 3 rings (SSSR count). The molecular weight excluding hydrogens is 364 g/mol. The molecule has 8 heteroatoms. The third kappa shape index (κ3) is 3.76. The molecule has 0 aliphatic carbocycles. The lowest BCUT2D eigenvalue weighted by Crippen LogP contribution is -2.41. The Morgan fingerprint density at radius 1 is 1.12 bits per heavy atom. The Kier molecular flexibility index (Phi) is 5.33. The summed E-state index contributed by atoms with van der Waals surface area (Å²) in [6.45, 7) is 0.0240. The maximum absolute atomic E-state index is 13.9. The lowest BCUT2D eigenvalue weighted by molar-refractivity contribution is -0.148. The smallest absolute Gasteiger partial charge is 0.324 e. The molecule has 0 amide bonds. The van der Waals surface area contributed by atoms with Crippen LogP contribution in [0.15, 0.2) is 53.4 Å². The fourth-order valence-corrected chi connectivity index (χ4v) is 4.59. The Bertz CT molecular complexity index is 900. The molecule has 1 fully saturated rings. The summed E-state index contributed by atoms with van der Waals surface area (Å²) >= 11 is 0. The lowest BCUT2D eigenvalue weighted by atomic mass is 10.2. The molecule has 0 radical (unpaired) electrons. The highest BCUT2D eigenvalue weighted by molar-refractivity contribution is 7.89. The molecule has 1 saturated heterocycles. The molecule has 1 heterocycles. The predicted octanol–water partition coefficient (Wildman–Crippen LogP) is 2.86. The van der Waals surface area contributed by atoms with Crippen LogP contribution in [0.4, 0.5) is 8.78 Å². The standard InChI is InChI=1S/C18H17F2NO4S/c19-14-9-7-13(8-10-14)12-25-18(22)16-5-3-11-21(16)26(23,24)17-6-2-1-4-15(17)20/h1-2,4,6-10,16H,3,5,11-12H2/t16-/m0/s1. The molecule has 0 N–H and O–H groups in total. The van der Waals surface area contributed by atoms with Crippen molar-refractivity contribution in [1.29, 1.82) is 0 Å². The van der Waals surface area contributed by atoms with Crippen LogP contribution < -0.4 is 0 Å². The summed E-state index contributed by atoms with van der Waals surface area (Å²) < 4.78 is 58.4. The summed E-state index contributed by atoms with van der Waals surface area (Å²) in [5, 5.41) is 0. The minimum Gasteiger partial charge on any atom is -0.460 e. The highest BCUT2D eigenvalue weighted by atomic mass is 32.2. The van der Waals surface area contributed by atoms with Gasteiger partial charge in [0.2, 0.25) is 10.0 Å². The van der Waals surface area contributed by atoms with Crippen LogP contribution in [0.25, 0.3) is 0 Å². The van der Waals surface area contributed by atoms with Gasteiger partial charge in [-0.15, -0.1) is 0 Å². The molecule has 2 aromatic rings. The number of sulfonamides is 1. The topological polar surface area (TPSA) is 63.7 Å². The van der Waals surface area contributed by atoms with Crippen molar-refractivity contribution in [2.45, 2.75) is 30.4 Å². The number of esters is 1. The van der Waals surface area contributed by atoms with Gasteiger partial charge in [-0.3, -0.25) is 4.79 Å². The minimum atomic E-state index is -4.14. The van der Waals surface area contributed by atoms with Crippen molar-refractivity contribution in [3.8, 4) is 0 Å². The Labute approximate surface area is 150 Å². The van der Waals surface area contributed by atoms with Crippen molar-refractivity contribution in [3.63, 3.8) is 0 Å². The first-order valence-corrected chi connectivity index (χ1v) is 9.51. The van der Waals surface area contributed by atoms with Crippen LogP contribution in [-0.2, 0) is 26.2 Å². The van der Waals surface area contributed by atoms with E-state index in [1.165, 1.54) is 42.5 Å². The van der Waals surface area contributed by atoms with Crippen LogP contribution in [-0.4, -0.2) is 31.3 Å². The fraction of sp³-hybridized carbons (Fsp3) is 0.278. The van der Waals surface area contributed by atoms with Crippen molar-refractivity contribution in [2.75, 3.05) is 6.54 Å². The molecule has 138 valence electrons. The molecule has 0 spiro atoms. The van der Waals surface area contributed by atoms with Crippen molar-refractivity contribution in [2.24, 2.45) is 0 Å². The molecule has 0 unspecified atom stereocenters. The molecule has 1 atom stereocenters. The molecule has 1 aliphatic heterocycles. The molecular formula is C18H17F2NO4S. The third-order valence-electron chi connectivity index (χ3n) is 4.19. The maximum atomic E-state index is 13.9. The van der Waals surface area contributed by atoms with Crippen LogP contribution in [0.2, 0.25) is 0 Å². The number of rotatable bonds is 5. The van der Waals surface area contributed by atoms with Crippen LogP contribution in [0.3, 0.4) is 0 Å². The number of hydrogen-bond acceptors (Lipinski definition) is 4. The van der Waals surface area contributed by atoms with E-state index in [9.17, 15) is 22.0 Å². The van der Waals surface area contributed by atoms with Gasteiger partial charge in [-0.05, 0) is 42.7 Å². The Morgan fingerprint density at radius 3 is 2.50 bits per heavy atom. The molecule has 0 aromatic heterocycles. The monoisotopic (exact) mass is 381 g/mol. The van der Waals surface area contributed by atoms with Crippen LogP contribution >= 0.6 is 0 Å². The van der Waals surface area contributed by atoms with Crippen molar-refractivity contribution < 1.29 is 26.7 Å². The average molecular weight is 381 g/mol. The summed E-state index contributed by atoms with van der Waals surface area (Å²) in [6.07, 6.45) is 0.778. The van der Waals surface area contributed by atoms with E-state index in [1.807, 2.05) is 0 Å². The van der Waals surface area contributed by atoms with E-state index in [1.54, 1.807) is 0 Å². The van der Waals surface area contributed by atoms with Gasteiger partial charge >= 0.3 is 5.97 Å². The van der Waals surface area contributed by atoms with Gasteiger partial charge in [0.15, 0.2) is 0 Å². The first-order chi connectivity index (χ1) is 12.4. The zero-order valence-corrected chi connectivity index (χ0v) is 14.6. The van der Waals surface area contributed by atoms with Crippen molar-refractivity contribution in [1.82, 2.24) is 4.31 Å². The summed E-state index contributed by atoms with van der Waals surface area (Å²) in [5.74, 6) is -1.97. The largest absolute Gasteiger partial charge is 0.460 e. The van der Waals surface area contributed by atoms with Gasteiger partial charge in [-0.25, -0.2) is 17.2 Å². The second kappa shape index (κ2) is 7.51. The van der Waals surface area contributed by atoms with Gasteiger partial charge in [0, 0.05) is 6.54 Å². The van der Waals surface area contributed by atoms with E-state index in [-0.39, 0.29) is 13.2 Å². The molecule has 26 heavy (non-hydrogen) atoms. The Hall–Kier alpha value is -2.32. The van der Waals surface area contributed by atoms with Gasteiger partial charge in [0.25, 0.3) is 0 Å². The number of nitrogens with zero attached hydrogens (tertiary/aromatic N) is 1. The molecule has 5 nitrogen and oxygen atoms in total. The van der Waals surface area contributed by atoms with Crippen LogP contribution in [0.1, 0.15) is 18.4 Å². The number of benzene rings is 2. The molecule has 0 bridgehead atoms. The third-order valence-corrected chi connectivity index (χ3v) is 6.13. The number of carbonyl (C=O) groups is 1. The highest BCUT2D eigenvalue weighted by Crippen LogP contribution is 2.28.